The fraction of sp³-hybridized carbons (Fsp3) is 0.333. The smallest absolute Gasteiger partial charge is 0.202 e. The van der Waals surface area contributed by atoms with E-state index >= 15 is 0 Å². The van der Waals surface area contributed by atoms with Gasteiger partial charge >= 0.3 is 0 Å². The normalized spacial score (nSPS) is 8.00. The Morgan fingerprint density at radius 3 is 2.27 bits per heavy atom. The molecule has 1 aromatic rings. The second kappa shape index (κ2) is 6.61. The van der Waals surface area contributed by atoms with Crippen molar-refractivity contribution in [2.75, 3.05) is 0 Å². The van der Waals surface area contributed by atoms with Crippen molar-refractivity contribution in [3.63, 3.8) is 0 Å². The summed E-state index contributed by atoms with van der Waals surface area (Å²) in [6.07, 6.45) is 1.35. The van der Waals surface area contributed by atoms with Crippen molar-refractivity contribution in [2.45, 2.75) is 27.7 Å². The lowest BCUT2D eigenvalue weighted by Crippen LogP contribution is -1.86. The molecule has 1 rings (SSSR count). The number of hydrogen-bond acceptors (Lipinski definition) is 3. The van der Waals surface area contributed by atoms with Crippen LogP contribution in [0.5, 0.6) is 0 Å². The summed E-state index contributed by atoms with van der Waals surface area (Å²) in [6, 6.07) is 1.51. The highest BCUT2D eigenvalue weighted by atomic mass is 16.3. The van der Waals surface area contributed by atoms with Crippen molar-refractivity contribution < 1.29 is 14.0 Å². The molecule has 80 valence electrons. The molecule has 1 aromatic heterocycles. The molecule has 0 aliphatic rings. The van der Waals surface area contributed by atoms with Gasteiger partial charge in [0.25, 0.3) is 0 Å². The number of Topliss-reactive ketones (excluding diaryl/α,β-unsaturated/α-hetero) is 2. The number of ketones is 2. The minimum Gasteiger partial charge on any atom is -0.460 e. The quantitative estimate of drug-likeness (QED) is 0.523. The lowest BCUT2D eigenvalue weighted by atomic mass is 10.2. The third-order valence-corrected chi connectivity index (χ3v) is 1.33. The van der Waals surface area contributed by atoms with Gasteiger partial charge in [0.2, 0.25) is 5.78 Å². The van der Waals surface area contributed by atoms with Gasteiger partial charge in [-0.1, -0.05) is 19.8 Å². The molecule has 1 heterocycles. The summed E-state index contributed by atoms with van der Waals surface area (Å²) < 4.78 is 4.90. The fourth-order valence-corrected chi connectivity index (χ4v) is 0.747. The molecular formula is C12H14O3. The molecule has 3 heteroatoms. The lowest BCUT2D eigenvalue weighted by Gasteiger charge is -1.80. The van der Waals surface area contributed by atoms with Crippen LogP contribution in [0.4, 0.5) is 0 Å². The van der Waals surface area contributed by atoms with Gasteiger partial charge in [0.15, 0.2) is 11.5 Å². The Morgan fingerprint density at radius 1 is 1.27 bits per heavy atom. The van der Waals surface area contributed by atoms with E-state index in [1.807, 2.05) is 13.8 Å². The van der Waals surface area contributed by atoms with E-state index in [0.29, 0.717) is 5.56 Å². The molecule has 0 spiro atoms. The first kappa shape index (κ1) is 13.2. The Labute approximate surface area is 89.5 Å². The zero-order valence-corrected chi connectivity index (χ0v) is 9.38. The summed E-state index contributed by atoms with van der Waals surface area (Å²) in [5.41, 5.74) is 0.542. The number of carbonyl (C=O) groups is 2. The SMILES string of the molecule is CC.CC(=O)C#Cc1coc(C(C)=O)c1. The molecule has 0 saturated carbocycles. The first-order chi connectivity index (χ1) is 7.09. The molecule has 0 bridgehead atoms. The zero-order chi connectivity index (χ0) is 11.8. The van der Waals surface area contributed by atoms with Crippen LogP contribution in [0.25, 0.3) is 0 Å². The van der Waals surface area contributed by atoms with E-state index in [0.717, 1.165) is 0 Å². The van der Waals surface area contributed by atoms with E-state index in [4.69, 9.17) is 4.42 Å². The van der Waals surface area contributed by atoms with E-state index in [9.17, 15) is 9.59 Å². The Hall–Kier alpha value is -1.82. The van der Waals surface area contributed by atoms with E-state index in [2.05, 4.69) is 11.8 Å². The molecule has 0 amide bonds. The number of carbonyl (C=O) groups excluding carboxylic acids is 2. The standard InChI is InChI=1S/C10H8O3.C2H6/c1-7(11)3-4-9-5-10(8(2)12)13-6-9;1-2/h5-6H,1-2H3;1-2H3. The molecule has 0 radical (unpaired) electrons. The van der Waals surface area contributed by atoms with Crippen molar-refractivity contribution in [1.82, 2.24) is 0 Å². The fourth-order valence-electron chi connectivity index (χ4n) is 0.747. The Balaban J connectivity index is 0.000000921. The first-order valence-electron chi connectivity index (χ1n) is 4.71. The van der Waals surface area contributed by atoms with Gasteiger partial charge in [-0.05, 0) is 5.92 Å². The predicted octanol–water partition coefficient (Wildman–Crippen LogP) is 2.45. The van der Waals surface area contributed by atoms with Gasteiger partial charge in [-0.15, -0.1) is 0 Å². The first-order valence-corrected chi connectivity index (χ1v) is 4.71. The zero-order valence-electron chi connectivity index (χ0n) is 9.38. The number of hydrogen-bond donors (Lipinski definition) is 0. The molecule has 3 nitrogen and oxygen atoms in total. The van der Waals surface area contributed by atoms with Crippen molar-refractivity contribution >= 4 is 11.6 Å². The summed E-state index contributed by atoms with van der Waals surface area (Å²) in [5, 5.41) is 0. The van der Waals surface area contributed by atoms with E-state index < -0.39 is 0 Å². The van der Waals surface area contributed by atoms with Crippen LogP contribution >= 0.6 is 0 Å². The highest BCUT2D eigenvalue weighted by molar-refractivity contribution is 5.94. The molecule has 0 unspecified atom stereocenters. The van der Waals surface area contributed by atoms with Crippen molar-refractivity contribution in [1.29, 1.82) is 0 Å². The van der Waals surface area contributed by atoms with Crippen LogP contribution in [0.1, 0.15) is 43.8 Å². The Morgan fingerprint density at radius 2 is 1.87 bits per heavy atom. The maximum atomic E-state index is 10.8. The average Bonchev–Trinajstić information content (AvgIpc) is 2.66. The Kier molecular flexibility index (Phi) is 5.81. The Bertz CT molecular complexity index is 402. The molecule has 0 aliphatic carbocycles. The van der Waals surface area contributed by atoms with Crippen LogP contribution < -0.4 is 0 Å². The van der Waals surface area contributed by atoms with Crippen LogP contribution in [0.15, 0.2) is 16.7 Å². The summed E-state index contributed by atoms with van der Waals surface area (Å²) in [6.45, 7) is 6.78. The molecule has 15 heavy (non-hydrogen) atoms. The minimum atomic E-state index is -0.217. The van der Waals surface area contributed by atoms with Gasteiger partial charge in [0.1, 0.15) is 6.26 Å². The summed E-state index contributed by atoms with van der Waals surface area (Å²) in [7, 11) is 0. The van der Waals surface area contributed by atoms with Gasteiger partial charge < -0.3 is 4.42 Å². The predicted molar refractivity (Wildman–Crippen MR) is 57.6 cm³/mol. The molecule has 0 atom stereocenters. The third kappa shape index (κ3) is 4.82. The molecule has 0 aliphatic heterocycles. The van der Waals surface area contributed by atoms with E-state index in [1.165, 1.54) is 26.2 Å². The van der Waals surface area contributed by atoms with Gasteiger partial charge in [-0.3, -0.25) is 9.59 Å². The maximum absolute atomic E-state index is 10.8. The monoisotopic (exact) mass is 206 g/mol. The van der Waals surface area contributed by atoms with E-state index in [1.54, 1.807) is 0 Å². The van der Waals surface area contributed by atoms with Crippen molar-refractivity contribution in [3.05, 3.63) is 23.7 Å². The average molecular weight is 206 g/mol. The summed E-state index contributed by atoms with van der Waals surface area (Å²) in [4.78, 5) is 21.3. The van der Waals surface area contributed by atoms with E-state index in [-0.39, 0.29) is 17.3 Å². The van der Waals surface area contributed by atoms with Crippen LogP contribution in [0.3, 0.4) is 0 Å². The van der Waals surface area contributed by atoms with Crippen LogP contribution in [0.2, 0.25) is 0 Å². The highest BCUT2D eigenvalue weighted by Crippen LogP contribution is 2.06. The van der Waals surface area contributed by atoms with Gasteiger partial charge in [-0.2, -0.15) is 0 Å². The largest absolute Gasteiger partial charge is 0.460 e. The lowest BCUT2D eigenvalue weighted by molar-refractivity contribution is -0.111. The second-order valence-corrected chi connectivity index (χ2v) is 2.56. The number of rotatable bonds is 1. The summed E-state index contributed by atoms with van der Waals surface area (Å²) >= 11 is 0. The topological polar surface area (TPSA) is 47.3 Å². The van der Waals surface area contributed by atoms with Gasteiger partial charge in [0.05, 0.1) is 5.56 Å². The van der Waals surface area contributed by atoms with Crippen LogP contribution in [0, 0.1) is 11.8 Å². The molecule has 0 aromatic carbocycles. The van der Waals surface area contributed by atoms with Crippen molar-refractivity contribution in [2.24, 2.45) is 0 Å². The molecule has 0 N–H and O–H groups in total. The van der Waals surface area contributed by atoms with Gasteiger partial charge in [-0.25, -0.2) is 0 Å². The molecule has 0 fully saturated rings. The van der Waals surface area contributed by atoms with Crippen molar-refractivity contribution in [3.8, 4) is 11.8 Å². The third-order valence-electron chi connectivity index (χ3n) is 1.33. The van der Waals surface area contributed by atoms with Crippen LogP contribution in [-0.4, -0.2) is 11.6 Å². The molecule has 0 saturated heterocycles. The van der Waals surface area contributed by atoms with Gasteiger partial charge in [0, 0.05) is 19.9 Å². The summed E-state index contributed by atoms with van der Waals surface area (Å²) in [5.74, 6) is 4.81. The molecular weight excluding hydrogens is 192 g/mol. The second-order valence-electron chi connectivity index (χ2n) is 2.56. The minimum absolute atomic E-state index is 0.157. The van der Waals surface area contributed by atoms with Crippen LogP contribution in [-0.2, 0) is 4.79 Å². The highest BCUT2D eigenvalue weighted by Gasteiger charge is 2.03. The maximum Gasteiger partial charge on any atom is 0.202 e. The number of furan rings is 1.